The first kappa shape index (κ1) is 20.4. The number of nitrogens with one attached hydrogen (secondary N) is 2. The van der Waals surface area contributed by atoms with Crippen LogP contribution in [0.2, 0.25) is 0 Å². The summed E-state index contributed by atoms with van der Waals surface area (Å²) in [6, 6.07) is 5.00. The number of hydrogen-bond donors (Lipinski definition) is 4. The Morgan fingerprint density at radius 3 is 2.59 bits per heavy atom. The number of hydrogen-bond acceptors (Lipinski definition) is 6. The van der Waals surface area contributed by atoms with E-state index in [9.17, 15) is 10.1 Å². The van der Waals surface area contributed by atoms with Gasteiger partial charge in [0.2, 0.25) is 0 Å². The lowest BCUT2D eigenvalue weighted by molar-refractivity contribution is -0.383. The lowest BCUT2D eigenvalue weighted by Crippen LogP contribution is -2.19. The highest BCUT2D eigenvalue weighted by Gasteiger charge is 2.15. The summed E-state index contributed by atoms with van der Waals surface area (Å²) in [4.78, 5) is 10.7. The normalized spacial score (nSPS) is 11.4. The van der Waals surface area contributed by atoms with Crippen LogP contribution in [0.25, 0.3) is 0 Å². The molecule has 0 aliphatic rings. The molecule has 0 aliphatic carbocycles. The van der Waals surface area contributed by atoms with Crippen molar-refractivity contribution in [3.8, 4) is 0 Å². The predicted molar refractivity (Wildman–Crippen MR) is 89.9 cm³/mol. The van der Waals surface area contributed by atoms with Gasteiger partial charge in [-0.1, -0.05) is 6.92 Å². The maximum Gasteiger partial charge on any atom is 0.294 e. The van der Waals surface area contributed by atoms with Gasteiger partial charge >= 0.3 is 0 Å². The van der Waals surface area contributed by atoms with Crippen LogP contribution in [0.15, 0.2) is 18.2 Å². The fourth-order valence-electron chi connectivity index (χ4n) is 1.99. The molecule has 1 aromatic rings. The minimum Gasteiger partial charge on any atom is -0.396 e. The molecule has 0 bridgehead atoms. The molecular weight excluding hydrogens is 310 g/mol. The van der Waals surface area contributed by atoms with E-state index in [1.54, 1.807) is 12.1 Å². The second-order valence-electron chi connectivity index (χ2n) is 4.75. The van der Waals surface area contributed by atoms with Crippen molar-refractivity contribution in [3.63, 3.8) is 0 Å². The summed E-state index contributed by atoms with van der Waals surface area (Å²) in [6.07, 6.45) is 1.96. The highest BCUT2D eigenvalue weighted by Crippen LogP contribution is 2.28. The van der Waals surface area contributed by atoms with Crippen molar-refractivity contribution in [1.82, 2.24) is 0 Å². The molecule has 0 saturated heterocycles. The van der Waals surface area contributed by atoms with Gasteiger partial charge in [0.1, 0.15) is 5.69 Å². The van der Waals surface area contributed by atoms with E-state index in [1.165, 1.54) is 6.07 Å². The van der Waals surface area contributed by atoms with Crippen molar-refractivity contribution in [3.05, 3.63) is 28.3 Å². The first-order valence-corrected chi connectivity index (χ1v) is 7.13. The van der Waals surface area contributed by atoms with Gasteiger partial charge in [0, 0.05) is 37.6 Å². The maximum absolute atomic E-state index is 11.1. The van der Waals surface area contributed by atoms with Crippen LogP contribution in [0, 0.1) is 10.1 Å². The van der Waals surface area contributed by atoms with Crippen molar-refractivity contribution < 1.29 is 15.1 Å². The average molecular weight is 334 g/mol. The second kappa shape index (κ2) is 11.1. The molecule has 8 heteroatoms. The number of nitro groups is 1. The van der Waals surface area contributed by atoms with Crippen molar-refractivity contribution in [2.45, 2.75) is 32.2 Å². The molecule has 0 amide bonds. The Morgan fingerprint density at radius 2 is 2.05 bits per heavy atom. The number of anilines is 2. The molecule has 0 radical (unpaired) electrons. The molecule has 126 valence electrons. The van der Waals surface area contributed by atoms with Crippen LogP contribution in [0.5, 0.6) is 0 Å². The number of rotatable bonds is 10. The Kier molecular flexibility index (Phi) is 10.3. The third kappa shape index (κ3) is 6.46. The number of halogens is 1. The zero-order valence-corrected chi connectivity index (χ0v) is 13.4. The highest BCUT2D eigenvalue weighted by molar-refractivity contribution is 5.85. The smallest absolute Gasteiger partial charge is 0.294 e. The SMILES string of the molecule is CCC(CCO)Nc1ccc(NCCCO)c([N+](=O)[O-])c1.Cl. The lowest BCUT2D eigenvalue weighted by atomic mass is 10.1. The van der Waals surface area contributed by atoms with Crippen LogP contribution in [-0.2, 0) is 0 Å². The molecule has 0 saturated carbocycles. The van der Waals surface area contributed by atoms with Gasteiger partial charge in [0.15, 0.2) is 0 Å². The summed E-state index contributed by atoms with van der Waals surface area (Å²) in [7, 11) is 0. The quantitative estimate of drug-likeness (QED) is 0.297. The first-order chi connectivity index (χ1) is 10.1. The lowest BCUT2D eigenvalue weighted by Gasteiger charge is -2.17. The Morgan fingerprint density at radius 1 is 1.32 bits per heavy atom. The summed E-state index contributed by atoms with van der Waals surface area (Å²) in [5.74, 6) is 0. The minimum absolute atomic E-state index is 0. The van der Waals surface area contributed by atoms with Gasteiger partial charge in [-0.3, -0.25) is 10.1 Å². The fourth-order valence-corrected chi connectivity index (χ4v) is 1.99. The van der Waals surface area contributed by atoms with Crippen molar-refractivity contribution in [2.24, 2.45) is 0 Å². The summed E-state index contributed by atoms with van der Waals surface area (Å²) < 4.78 is 0. The molecule has 0 fully saturated rings. The molecule has 0 aliphatic heterocycles. The second-order valence-corrected chi connectivity index (χ2v) is 4.75. The molecule has 22 heavy (non-hydrogen) atoms. The fraction of sp³-hybridized carbons (Fsp3) is 0.571. The summed E-state index contributed by atoms with van der Waals surface area (Å²) in [6.45, 7) is 2.59. The van der Waals surface area contributed by atoms with E-state index >= 15 is 0 Å². The monoisotopic (exact) mass is 333 g/mol. The molecule has 0 spiro atoms. The Balaban J connectivity index is 0.00000441. The van der Waals surface area contributed by atoms with E-state index in [0.29, 0.717) is 30.8 Å². The van der Waals surface area contributed by atoms with Gasteiger partial charge in [-0.05, 0) is 31.4 Å². The first-order valence-electron chi connectivity index (χ1n) is 7.13. The van der Waals surface area contributed by atoms with Gasteiger partial charge in [0.05, 0.1) is 4.92 Å². The van der Waals surface area contributed by atoms with Gasteiger partial charge in [-0.25, -0.2) is 0 Å². The number of nitro benzene ring substituents is 1. The molecule has 1 unspecified atom stereocenters. The van der Waals surface area contributed by atoms with Crippen LogP contribution >= 0.6 is 12.4 Å². The summed E-state index contributed by atoms with van der Waals surface area (Å²) in [5, 5.41) is 35.0. The standard InChI is InChI=1S/C14H23N3O4.ClH/c1-2-11(6-9-19)16-12-4-5-13(15-7-3-8-18)14(10-12)17(20)21;/h4-5,10-11,15-16,18-19H,2-3,6-9H2,1H3;1H. The van der Waals surface area contributed by atoms with Crippen LogP contribution in [0.4, 0.5) is 17.1 Å². The Labute approximate surface area is 136 Å². The van der Waals surface area contributed by atoms with Crippen LogP contribution < -0.4 is 10.6 Å². The number of aliphatic hydroxyl groups is 2. The maximum atomic E-state index is 11.1. The molecule has 7 nitrogen and oxygen atoms in total. The number of aliphatic hydroxyl groups excluding tert-OH is 2. The van der Waals surface area contributed by atoms with Gasteiger partial charge in [-0.2, -0.15) is 0 Å². The Hall–Kier alpha value is -1.57. The predicted octanol–water partition coefficient (Wildman–Crippen LogP) is 2.38. The topological polar surface area (TPSA) is 108 Å². The van der Waals surface area contributed by atoms with Crippen molar-refractivity contribution in [1.29, 1.82) is 0 Å². The van der Waals surface area contributed by atoms with E-state index < -0.39 is 4.92 Å². The molecule has 1 atom stereocenters. The van der Waals surface area contributed by atoms with Gasteiger partial charge in [-0.15, -0.1) is 12.4 Å². The summed E-state index contributed by atoms with van der Waals surface area (Å²) >= 11 is 0. The van der Waals surface area contributed by atoms with Crippen molar-refractivity contribution in [2.75, 3.05) is 30.4 Å². The molecular formula is C14H24ClN3O4. The highest BCUT2D eigenvalue weighted by atomic mass is 35.5. The molecule has 1 aromatic carbocycles. The third-order valence-electron chi connectivity index (χ3n) is 3.19. The van der Waals surface area contributed by atoms with E-state index in [-0.39, 0.29) is 37.4 Å². The molecule has 4 N–H and O–H groups in total. The third-order valence-corrected chi connectivity index (χ3v) is 3.19. The van der Waals surface area contributed by atoms with E-state index in [1.807, 2.05) is 6.92 Å². The molecule has 0 heterocycles. The summed E-state index contributed by atoms with van der Waals surface area (Å²) in [5.41, 5.74) is 1.10. The van der Waals surface area contributed by atoms with Crippen LogP contribution in [0.1, 0.15) is 26.2 Å². The Bertz CT molecular complexity index is 460. The van der Waals surface area contributed by atoms with E-state index in [0.717, 1.165) is 6.42 Å². The minimum atomic E-state index is -0.431. The van der Waals surface area contributed by atoms with E-state index in [4.69, 9.17) is 10.2 Å². The van der Waals surface area contributed by atoms with Crippen LogP contribution in [0.3, 0.4) is 0 Å². The molecule has 0 aromatic heterocycles. The van der Waals surface area contributed by atoms with Gasteiger partial charge in [0.25, 0.3) is 5.69 Å². The van der Waals surface area contributed by atoms with Gasteiger partial charge < -0.3 is 20.8 Å². The largest absolute Gasteiger partial charge is 0.396 e. The number of nitrogens with zero attached hydrogens (tertiary/aromatic N) is 1. The van der Waals surface area contributed by atoms with Crippen molar-refractivity contribution >= 4 is 29.5 Å². The van der Waals surface area contributed by atoms with E-state index in [2.05, 4.69) is 10.6 Å². The zero-order chi connectivity index (χ0) is 15.7. The zero-order valence-electron chi connectivity index (χ0n) is 12.6. The van der Waals surface area contributed by atoms with Crippen LogP contribution in [-0.4, -0.2) is 40.9 Å². The average Bonchev–Trinajstić information content (AvgIpc) is 2.48. The number of benzene rings is 1. The molecule has 1 rings (SSSR count).